The van der Waals surface area contributed by atoms with Crippen molar-refractivity contribution in [3.8, 4) is 0 Å². The van der Waals surface area contributed by atoms with Crippen molar-refractivity contribution in [2.45, 2.75) is 34.3 Å². The molecule has 0 radical (unpaired) electrons. The number of hydrogen-bond donors (Lipinski definition) is 1. The zero-order chi connectivity index (χ0) is 9.56. The Balaban J connectivity index is 0.000000561. The van der Waals surface area contributed by atoms with Crippen molar-refractivity contribution in [3.05, 3.63) is 29.1 Å². The Morgan fingerprint density at radius 2 is 1.83 bits per heavy atom. The van der Waals surface area contributed by atoms with E-state index >= 15 is 0 Å². The van der Waals surface area contributed by atoms with Gasteiger partial charge in [0.1, 0.15) is 0 Å². The zero-order valence-corrected chi connectivity index (χ0v) is 8.26. The number of rotatable bonds is 1. The molecule has 1 aromatic heterocycles. The Kier molecular flexibility index (Phi) is 5.30. The van der Waals surface area contributed by atoms with Crippen LogP contribution in [0, 0.1) is 13.8 Å². The summed E-state index contributed by atoms with van der Waals surface area (Å²) in [6.07, 6.45) is 0. The number of aryl methyl sites for hydroxylation is 2. The van der Waals surface area contributed by atoms with Gasteiger partial charge in [-0.2, -0.15) is 0 Å². The minimum atomic E-state index is 0.0303. The van der Waals surface area contributed by atoms with E-state index in [-0.39, 0.29) is 6.61 Å². The first-order valence-electron chi connectivity index (χ1n) is 4.27. The van der Waals surface area contributed by atoms with Crippen molar-refractivity contribution in [1.82, 2.24) is 4.98 Å². The third-order valence-corrected chi connectivity index (χ3v) is 1.31. The topological polar surface area (TPSA) is 33.1 Å². The molecule has 0 aliphatic rings. The lowest BCUT2D eigenvalue weighted by molar-refractivity contribution is 0.276. The van der Waals surface area contributed by atoms with Crippen LogP contribution in [0.5, 0.6) is 0 Å². The molecule has 0 atom stereocenters. The van der Waals surface area contributed by atoms with Crippen LogP contribution in [0.1, 0.15) is 30.8 Å². The molecule has 0 aliphatic heterocycles. The van der Waals surface area contributed by atoms with Crippen LogP contribution in [-0.4, -0.2) is 10.1 Å². The monoisotopic (exact) mass is 167 g/mol. The van der Waals surface area contributed by atoms with Crippen LogP contribution in [-0.2, 0) is 6.61 Å². The summed E-state index contributed by atoms with van der Waals surface area (Å²) in [6, 6.07) is 3.87. The molecule has 0 aromatic carbocycles. The van der Waals surface area contributed by atoms with Crippen molar-refractivity contribution in [2.75, 3.05) is 0 Å². The lowest BCUT2D eigenvalue weighted by Crippen LogP contribution is -1.92. The molecular weight excluding hydrogens is 150 g/mol. The molecule has 0 unspecified atom stereocenters. The van der Waals surface area contributed by atoms with E-state index in [1.165, 1.54) is 0 Å². The molecule has 0 aliphatic carbocycles. The van der Waals surface area contributed by atoms with Crippen molar-refractivity contribution in [1.29, 1.82) is 0 Å². The second kappa shape index (κ2) is 5.72. The summed E-state index contributed by atoms with van der Waals surface area (Å²) in [7, 11) is 0. The lowest BCUT2D eigenvalue weighted by Gasteiger charge is -1.98. The van der Waals surface area contributed by atoms with Gasteiger partial charge in [0.25, 0.3) is 0 Å². The first kappa shape index (κ1) is 11.1. The summed E-state index contributed by atoms with van der Waals surface area (Å²) in [5, 5.41) is 8.72. The molecule has 68 valence electrons. The van der Waals surface area contributed by atoms with Crippen molar-refractivity contribution >= 4 is 0 Å². The maximum atomic E-state index is 8.72. The maximum Gasteiger partial charge on any atom is 0.0853 e. The number of aliphatic hydroxyl groups is 1. The smallest absolute Gasteiger partial charge is 0.0853 e. The first-order chi connectivity index (χ1) is 5.72. The van der Waals surface area contributed by atoms with Gasteiger partial charge in [-0.1, -0.05) is 13.8 Å². The third kappa shape index (κ3) is 3.49. The highest BCUT2D eigenvalue weighted by Crippen LogP contribution is 2.03. The number of aliphatic hydroxyl groups excluding tert-OH is 1. The van der Waals surface area contributed by atoms with Gasteiger partial charge in [0.15, 0.2) is 0 Å². The second-order valence-corrected chi connectivity index (χ2v) is 2.44. The van der Waals surface area contributed by atoms with Gasteiger partial charge in [-0.15, -0.1) is 0 Å². The van der Waals surface area contributed by atoms with E-state index in [1.807, 2.05) is 39.8 Å². The van der Waals surface area contributed by atoms with Crippen LogP contribution in [0.25, 0.3) is 0 Å². The molecule has 2 heteroatoms. The number of hydrogen-bond acceptors (Lipinski definition) is 2. The Labute approximate surface area is 74.3 Å². The van der Waals surface area contributed by atoms with E-state index in [2.05, 4.69) is 4.98 Å². The van der Waals surface area contributed by atoms with Crippen LogP contribution in [0.15, 0.2) is 12.1 Å². The van der Waals surface area contributed by atoms with Crippen molar-refractivity contribution in [2.24, 2.45) is 0 Å². The van der Waals surface area contributed by atoms with Crippen LogP contribution in [0.4, 0.5) is 0 Å². The minimum Gasteiger partial charge on any atom is -0.390 e. The molecule has 12 heavy (non-hydrogen) atoms. The van der Waals surface area contributed by atoms with Gasteiger partial charge in [0.05, 0.1) is 12.3 Å². The lowest BCUT2D eigenvalue weighted by atomic mass is 10.2. The van der Waals surface area contributed by atoms with Crippen LogP contribution < -0.4 is 0 Å². The Hall–Kier alpha value is -0.890. The quantitative estimate of drug-likeness (QED) is 0.695. The molecule has 0 spiro atoms. The molecule has 1 rings (SSSR count). The summed E-state index contributed by atoms with van der Waals surface area (Å²) in [4.78, 5) is 4.10. The highest BCUT2D eigenvalue weighted by Gasteiger charge is 1.93. The molecule has 0 amide bonds. The molecule has 1 heterocycles. The third-order valence-electron chi connectivity index (χ3n) is 1.31. The molecule has 0 fully saturated rings. The molecule has 0 saturated heterocycles. The summed E-state index contributed by atoms with van der Waals surface area (Å²) >= 11 is 0. The van der Waals surface area contributed by atoms with Gasteiger partial charge in [-0.05, 0) is 31.5 Å². The highest BCUT2D eigenvalue weighted by molar-refractivity contribution is 5.18. The first-order valence-corrected chi connectivity index (χ1v) is 4.27. The van der Waals surface area contributed by atoms with Crippen molar-refractivity contribution < 1.29 is 5.11 Å². The van der Waals surface area contributed by atoms with Gasteiger partial charge in [0.2, 0.25) is 0 Å². The number of aromatic nitrogens is 1. The van der Waals surface area contributed by atoms with Crippen LogP contribution in [0.3, 0.4) is 0 Å². The predicted molar refractivity (Wildman–Crippen MR) is 51.0 cm³/mol. The van der Waals surface area contributed by atoms with Gasteiger partial charge in [-0.3, -0.25) is 4.98 Å². The average Bonchev–Trinajstić information content (AvgIpc) is 2.06. The number of pyridine rings is 1. The number of nitrogens with zero attached hydrogens (tertiary/aromatic N) is 1. The van der Waals surface area contributed by atoms with Gasteiger partial charge >= 0.3 is 0 Å². The van der Waals surface area contributed by atoms with Gasteiger partial charge < -0.3 is 5.11 Å². The molecule has 1 N–H and O–H groups in total. The van der Waals surface area contributed by atoms with E-state index in [0.717, 1.165) is 17.0 Å². The van der Waals surface area contributed by atoms with E-state index < -0.39 is 0 Å². The standard InChI is InChI=1S/C8H11NO.C2H6/c1-6-3-7(2)9-8(4-6)5-10;1-2/h3-4,10H,5H2,1-2H3;1-2H3. The average molecular weight is 167 g/mol. The van der Waals surface area contributed by atoms with Crippen LogP contribution >= 0.6 is 0 Å². The summed E-state index contributed by atoms with van der Waals surface area (Å²) in [6.45, 7) is 7.95. The van der Waals surface area contributed by atoms with E-state index in [0.29, 0.717) is 0 Å². The maximum absolute atomic E-state index is 8.72. The Bertz CT molecular complexity index is 213. The predicted octanol–water partition coefficient (Wildman–Crippen LogP) is 2.22. The Morgan fingerprint density at radius 1 is 1.25 bits per heavy atom. The molecule has 0 saturated carbocycles. The summed E-state index contributed by atoms with van der Waals surface area (Å²) in [5.74, 6) is 0. The fourth-order valence-corrected chi connectivity index (χ4v) is 1.01. The minimum absolute atomic E-state index is 0.0303. The molecular formula is C10H17NO. The van der Waals surface area contributed by atoms with Crippen LogP contribution in [0.2, 0.25) is 0 Å². The summed E-state index contributed by atoms with van der Waals surface area (Å²) < 4.78 is 0. The fourth-order valence-electron chi connectivity index (χ4n) is 1.01. The zero-order valence-electron chi connectivity index (χ0n) is 8.26. The van der Waals surface area contributed by atoms with E-state index in [9.17, 15) is 0 Å². The largest absolute Gasteiger partial charge is 0.390 e. The fraction of sp³-hybridized carbons (Fsp3) is 0.500. The highest BCUT2D eigenvalue weighted by atomic mass is 16.3. The van der Waals surface area contributed by atoms with E-state index in [1.54, 1.807) is 0 Å². The Morgan fingerprint density at radius 3 is 2.25 bits per heavy atom. The van der Waals surface area contributed by atoms with Crippen molar-refractivity contribution in [3.63, 3.8) is 0 Å². The molecule has 1 aromatic rings. The summed E-state index contributed by atoms with van der Waals surface area (Å²) in [5.41, 5.74) is 2.86. The van der Waals surface area contributed by atoms with E-state index in [4.69, 9.17) is 5.11 Å². The van der Waals surface area contributed by atoms with Gasteiger partial charge in [0, 0.05) is 5.69 Å². The van der Waals surface area contributed by atoms with Gasteiger partial charge in [-0.25, -0.2) is 0 Å². The SMILES string of the molecule is CC.Cc1cc(C)nc(CO)c1. The second-order valence-electron chi connectivity index (χ2n) is 2.44. The normalized spacial score (nSPS) is 8.75. The molecule has 0 bridgehead atoms. The molecule has 2 nitrogen and oxygen atoms in total.